The Kier molecular flexibility index (Phi) is 3.21. The van der Waals surface area contributed by atoms with E-state index in [0.29, 0.717) is 18.3 Å². The summed E-state index contributed by atoms with van der Waals surface area (Å²) in [7, 11) is 1.78. The largest absolute Gasteiger partial charge is 0.422 e. The zero-order valence-corrected chi connectivity index (χ0v) is 10.3. The van der Waals surface area contributed by atoms with Gasteiger partial charge in [-0.15, -0.1) is 5.10 Å². The molecular weight excluding hydrogens is 272 g/mol. The number of hydrogen-bond donors (Lipinski definition) is 1. The summed E-state index contributed by atoms with van der Waals surface area (Å²) >= 11 is 3.41. The van der Waals surface area contributed by atoms with Gasteiger partial charge in [-0.05, 0) is 33.6 Å². The molecule has 16 heavy (non-hydrogen) atoms. The topological polar surface area (TPSA) is 66.0 Å². The van der Waals surface area contributed by atoms with Crippen molar-refractivity contribution in [3.05, 3.63) is 34.6 Å². The minimum absolute atomic E-state index is 0.323. The summed E-state index contributed by atoms with van der Waals surface area (Å²) in [5, 5.41) is 4.03. The standard InChI is InChI=1S/C10H11BrN4O/c1-15-6-13-10(14-15)16-9-3-2-7(5-12)4-8(9)11/h2-4,6H,5,12H2,1H3. The van der Waals surface area contributed by atoms with Crippen molar-refractivity contribution in [2.24, 2.45) is 12.8 Å². The van der Waals surface area contributed by atoms with Crippen molar-refractivity contribution in [2.75, 3.05) is 0 Å². The quantitative estimate of drug-likeness (QED) is 0.933. The fraction of sp³-hybridized carbons (Fsp3) is 0.200. The maximum atomic E-state index is 5.54. The van der Waals surface area contributed by atoms with Gasteiger partial charge in [0.2, 0.25) is 0 Å². The third-order valence-corrected chi connectivity index (χ3v) is 2.63. The number of nitrogens with two attached hydrogens (primary N) is 1. The normalized spacial score (nSPS) is 10.4. The van der Waals surface area contributed by atoms with Crippen molar-refractivity contribution in [2.45, 2.75) is 6.54 Å². The Hall–Kier alpha value is -1.40. The lowest BCUT2D eigenvalue weighted by Gasteiger charge is -2.05. The van der Waals surface area contributed by atoms with E-state index < -0.39 is 0 Å². The van der Waals surface area contributed by atoms with Crippen LogP contribution in [-0.2, 0) is 13.6 Å². The van der Waals surface area contributed by atoms with Crippen molar-refractivity contribution >= 4 is 15.9 Å². The minimum atomic E-state index is 0.323. The molecule has 0 saturated heterocycles. The van der Waals surface area contributed by atoms with Crippen LogP contribution in [-0.4, -0.2) is 14.8 Å². The highest BCUT2D eigenvalue weighted by molar-refractivity contribution is 9.10. The van der Waals surface area contributed by atoms with Gasteiger partial charge in [0.15, 0.2) is 0 Å². The van der Waals surface area contributed by atoms with Gasteiger partial charge in [-0.1, -0.05) is 6.07 Å². The number of aromatic nitrogens is 3. The molecule has 0 aliphatic carbocycles. The van der Waals surface area contributed by atoms with Gasteiger partial charge < -0.3 is 10.5 Å². The van der Waals surface area contributed by atoms with Crippen molar-refractivity contribution < 1.29 is 4.74 Å². The van der Waals surface area contributed by atoms with Gasteiger partial charge in [0, 0.05) is 13.6 Å². The van der Waals surface area contributed by atoms with Crippen LogP contribution in [0, 0.1) is 0 Å². The van der Waals surface area contributed by atoms with E-state index >= 15 is 0 Å². The van der Waals surface area contributed by atoms with E-state index in [-0.39, 0.29) is 0 Å². The first-order chi connectivity index (χ1) is 7.69. The Morgan fingerprint density at radius 1 is 1.50 bits per heavy atom. The molecule has 0 saturated carbocycles. The maximum Gasteiger partial charge on any atom is 0.341 e. The molecule has 0 radical (unpaired) electrons. The molecule has 6 heteroatoms. The average molecular weight is 283 g/mol. The second kappa shape index (κ2) is 4.63. The third kappa shape index (κ3) is 2.40. The summed E-state index contributed by atoms with van der Waals surface area (Å²) in [5.41, 5.74) is 6.57. The monoisotopic (exact) mass is 282 g/mol. The predicted octanol–water partition coefficient (Wildman–Crippen LogP) is 1.83. The van der Waals surface area contributed by atoms with Crippen LogP contribution >= 0.6 is 15.9 Å². The molecule has 1 aromatic carbocycles. The Morgan fingerprint density at radius 3 is 2.88 bits per heavy atom. The van der Waals surface area contributed by atoms with Crippen LogP contribution in [0.25, 0.3) is 0 Å². The first-order valence-electron chi connectivity index (χ1n) is 4.71. The molecule has 0 amide bonds. The molecule has 84 valence electrons. The fourth-order valence-electron chi connectivity index (χ4n) is 1.22. The SMILES string of the molecule is Cn1cnc(Oc2ccc(CN)cc2Br)n1. The summed E-state index contributed by atoms with van der Waals surface area (Å²) in [6.45, 7) is 0.501. The number of aryl methyl sites for hydroxylation is 1. The van der Waals surface area contributed by atoms with Gasteiger partial charge in [-0.2, -0.15) is 4.98 Å². The molecule has 2 aromatic rings. The molecule has 0 aliphatic rings. The van der Waals surface area contributed by atoms with E-state index in [1.165, 1.54) is 0 Å². The summed E-state index contributed by atoms with van der Waals surface area (Å²) in [6, 6.07) is 5.98. The van der Waals surface area contributed by atoms with Crippen molar-refractivity contribution in [3.63, 3.8) is 0 Å². The zero-order valence-electron chi connectivity index (χ0n) is 8.72. The second-order valence-electron chi connectivity index (χ2n) is 3.27. The molecule has 2 rings (SSSR count). The molecular formula is C10H11BrN4O. The first-order valence-corrected chi connectivity index (χ1v) is 5.50. The zero-order chi connectivity index (χ0) is 11.5. The first kappa shape index (κ1) is 11.1. The van der Waals surface area contributed by atoms with Gasteiger partial charge in [-0.25, -0.2) is 0 Å². The molecule has 2 N–H and O–H groups in total. The predicted molar refractivity (Wildman–Crippen MR) is 63.1 cm³/mol. The molecule has 5 nitrogen and oxygen atoms in total. The van der Waals surface area contributed by atoms with E-state index in [4.69, 9.17) is 10.5 Å². The van der Waals surface area contributed by atoms with Crippen molar-refractivity contribution in [1.29, 1.82) is 0 Å². The fourth-order valence-corrected chi connectivity index (χ4v) is 1.73. The van der Waals surface area contributed by atoms with Gasteiger partial charge in [0.25, 0.3) is 0 Å². The van der Waals surface area contributed by atoms with Crippen molar-refractivity contribution in [3.8, 4) is 11.8 Å². The van der Waals surface area contributed by atoms with Gasteiger partial charge in [-0.3, -0.25) is 4.68 Å². The van der Waals surface area contributed by atoms with E-state index in [0.717, 1.165) is 10.0 Å². The summed E-state index contributed by atoms with van der Waals surface area (Å²) in [6.07, 6.45) is 1.58. The molecule has 0 spiro atoms. The van der Waals surface area contributed by atoms with Crippen LogP contribution in [0.2, 0.25) is 0 Å². The number of benzene rings is 1. The Balaban J connectivity index is 2.21. The molecule has 0 unspecified atom stereocenters. The van der Waals surface area contributed by atoms with E-state index in [1.54, 1.807) is 18.1 Å². The lowest BCUT2D eigenvalue weighted by atomic mass is 10.2. The van der Waals surface area contributed by atoms with E-state index in [2.05, 4.69) is 26.0 Å². The van der Waals surface area contributed by atoms with Crippen LogP contribution < -0.4 is 10.5 Å². The Bertz CT molecular complexity index is 497. The molecule has 1 heterocycles. The van der Waals surface area contributed by atoms with Gasteiger partial charge >= 0.3 is 6.01 Å². The smallest absolute Gasteiger partial charge is 0.341 e. The molecule has 1 aromatic heterocycles. The van der Waals surface area contributed by atoms with Crippen molar-refractivity contribution in [1.82, 2.24) is 14.8 Å². The molecule has 0 atom stereocenters. The lowest BCUT2D eigenvalue weighted by molar-refractivity contribution is 0.436. The Morgan fingerprint density at radius 2 is 2.31 bits per heavy atom. The number of rotatable bonds is 3. The van der Waals surface area contributed by atoms with Crippen LogP contribution in [0.4, 0.5) is 0 Å². The Labute approximate surface area is 101 Å². The van der Waals surface area contributed by atoms with Gasteiger partial charge in [0.1, 0.15) is 12.1 Å². The van der Waals surface area contributed by atoms with E-state index in [9.17, 15) is 0 Å². The highest BCUT2D eigenvalue weighted by Crippen LogP contribution is 2.28. The second-order valence-corrected chi connectivity index (χ2v) is 4.13. The minimum Gasteiger partial charge on any atom is -0.422 e. The molecule has 0 aliphatic heterocycles. The lowest BCUT2D eigenvalue weighted by Crippen LogP contribution is -1.96. The van der Waals surface area contributed by atoms with Crippen LogP contribution in [0.15, 0.2) is 29.0 Å². The van der Waals surface area contributed by atoms with Crippen LogP contribution in [0.5, 0.6) is 11.8 Å². The highest BCUT2D eigenvalue weighted by Gasteiger charge is 2.06. The van der Waals surface area contributed by atoms with Crippen LogP contribution in [0.3, 0.4) is 0 Å². The van der Waals surface area contributed by atoms with Gasteiger partial charge in [0.05, 0.1) is 4.47 Å². The molecule has 0 bridgehead atoms. The number of halogens is 1. The summed E-state index contributed by atoms with van der Waals surface area (Å²) in [4.78, 5) is 3.98. The van der Waals surface area contributed by atoms with E-state index in [1.807, 2.05) is 18.2 Å². The summed E-state index contributed by atoms with van der Waals surface area (Å²) < 4.78 is 7.92. The average Bonchev–Trinajstić information content (AvgIpc) is 2.67. The number of hydrogen-bond acceptors (Lipinski definition) is 4. The summed E-state index contributed by atoms with van der Waals surface area (Å²) in [5.74, 6) is 0.670. The molecule has 0 fully saturated rings. The maximum absolute atomic E-state index is 5.54. The van der Waals surface area contributed by atoms with Crippen LogP contribution in [0.1, 0.15) is 5.56 Å². The number of ether oxygens (including phenoxy) is 1. The highest BCUT2D eigenvalue weighted by atomic mass is 79.9. The third-order valence-electron chi connectivity index (χ3n) is 2.01. The number of nitrogens with zero attached hydrogens (tertiary/aromatic N) is 3.